The quantitative estimate of drug-likeness (QED) is 0.0751. The van der Waals surface area contributed by atoms with Crippen molar-refractivity contribution >= 4 is 12.3 Å². The highest BCUT2D eigenvalue weighted by molar-refractivity contribution is 5.69. The van der Waals surface area contributed by atoms with Crippen LogP contribution in [0.25, 0.3) is 0 Å². The minimum absolute atomic E-state index is 0.0326. The van der Waals surface area contributed by atoms with Gasteiger partial charge in [-0.15, -0.1) is 0 Å². The van der Waals surface area contributed by atoms with E-state index < -0.39 is 24.3 Å². The van der Waals surface area contributed by atoms with Gasteiger partial charge in [-0.05, 0) is 38.0 Å². The Kier molecular flexibility index (Phi) is 19.4. The Labute approximate surface area is 186 Å². The van der Waals surface area contributed by atoms with Crippen LogP contribution in [-0.4, -0.2) is 58.3 Å². The van der Waals surface area contributed by atoms with Crippen molar-refractivity contribution < 1.29 is 34.8 Å². The summed E-state index contributed by atoms with van der Waals surface area (Å²) in [6.07, 6.45) is 15.3. The molecule has 2 unspecified atom stereocenters. The molecule has 0 aromatic heterocycles. The predicted molar refractivity (Wildman–Crippen MR) is 120 cm³/mol. The maximum atomic E-state index is 11.6. The zero-order chi connectivity index (χ0) is 23.3. The Bertz CT molecular complexity index is 498. The van der Waals surface area contributed by atoms with Gasteiger partial charge in [0.25, 0.3) is 0 Å². The lowest BCUT2D eigenvalue weighted by molar-refractivity contribution is -0.153. The third-order valence-corrected chi connectivity index (χ3v) is 5.10. The van der Waals surface area contributed by atoms with Gasteiger partial charge in [0.1, 0.15) is 12.4 Å². The van der Waals surface area contributed by atoms with Crippen LogP contribution in [0.1, 0.15) is 77.6 Å². The summed E-state index contributed by atoms with van der Waals surface area (Å²) in [5, 5.41) is 36.3. The number of allylic oxidation sites excluding steroid dienone is 4. The van der Waals surface area contributed by atoms with Crippen LogP contribution in [0.5, 0.6) is 0 Å². The van der Waals surface area contributed by atoms with E-state index in [0.717, 1.165) is 51.2 Å². The molecule has 0 aliphatic heterocycles. The van der Waals surface area contributed by atoms with Crippen LogP contribution < -0.4 is 0 Å². The molecule has 0 saturated heterocycles. The van der Waals surface area contributed by atoms with Gasteiger partial charge in [-0.25, -0.2) is 0 Å². The van der Waals surface area contributed by atoms with Crippen LogP contribution in [0.3, 0.4) is 0 Å². The van der Waals surface area contributed by atoms with Crippen molar-refractivity contribution in [2.24, 2.45) is 11.8 Å². The first-order valence-electron chi connectivity index (χ1n) is 11.5. The van der Waals surface area contributed by atoms with Crippen molar-refractivity contribution in [3.63, 3.8) is 0 Å². The third kappa shape index (κ3) is 16.8. The van der Waals surface area contributed by atoms with Gasteiger partial charge in [0.05, 0.1) is 13.2 Å². The summed E-state index contributed by atoms with van der Waals surface area (Å²) in [7, 11) is 0. The third-order valence-electron chi connectivity index (χ3n) is 5.10. The number of aliphatic hydroxyl groups is 4. The number of hydrogen-bond donors (Lipinski definition) is 4. The largest absolute Gasteiger partial charge is 0.457 e. The van der Waals surface area contributed by atoms with Gasteiger partial charge in [-0.1, -0.05) is 56.9 Å². The molecule has 7 nitrogen and oxygen atoms in total. The van der Waals surface area contributed by atoms with Gasteiger partial charge in [0.15, 0.2) is 6.29 Å². The summed E-state index contributed by atoms with van der Waals surface area (Å²) in [5.74, 6) is -0.897. The lowest BCUT2D eigenvalue weighted by Gasteiger charge is -2.19. The summed E-state index contributed by atoms with van der Waals surface area (Å²) in [6.45, 7) is 1.37. The lowest BCUT2D eigenvalue weighted by Crippen LogP contribution is -2.25. The first-order valence-corrected chi connectivity index (χ1v) is 11.5. The van der Waals surface area contributed by atoms with Crippen LogP contribution in [0, 0.1) is 11.8 Å². The SMILES string of the molecule is CCCC/C=C\CC(/C=C/CCCCCCC(=O)OC(CO)CO)C(C=O)CC(O)O. The highest BCUT2D eigenvalue weighted by Crippen LogP contribution is 2.22. The monoisotopic (exact) mass is 442 g/mol. The molecule has 0 aromatic carbocycles. The van der Waals surface area contributed by atoms with Crippen LogP contribution in [0.2, 0.25) is 0 Å². The molecule has 0 radical (unpaired) electrons. The van der Waals surface area contributed by atoms with E-state index in [1.165, 1.54) is 0 Å². The van der Waals surface area contributed by atoms with Crippen molar-refractivity contribution in [1.29, 1.82) is 0 Å². The molecule has 0 bridgehead atoms. The summed E-state index contributed by atoms with van der Waals surface area (Å²) < 4.78 is 4.91. The number of aldehydes is 1. The van der Waals surface area contributed by atoms with Gasteiger partial charge in [0, 0.05) is 18.8 Å². The van der Waals surface area contributed by atoms with Crippen LogP contribution >= 0.6 is 0 Å². The molecular formula is C24H42O7. The number of ether oxygens (including phenoxy) is 1. The molecular weight excluding hydrogens is 400 g/mol. The maximum absolute atomic E-state index is 11.6. The predicted octanol–water partition coefficient (Wildman–Crippen LogP) is 3.05. The summed E-state index contributed by atoms with van der Waals surface area (Å²) in [4.78, 5) is 23.0. The molecule has 0 aliphatic rings. The highest BCUT2D eigenvalue weighted by atomic mass is 16.6. The first kappa shape index (κ1) is 29.5. The second-order valence-electron chi connectivity index (χ2n) is 7.89. The Hall–Kier alpha value is -1.54. The molecule has 0 amide bonds. The summed E-state index contributed by atoms with van der Waals surface area (Å²) in [6, 6.07) is 0. The molecule has 180 valence electrons. The molecule has 0 rings (SSSR count). The second-order valence-corrected chi connectivity index (χ2v) is 7.89. The van der Waals surface area contributed by atoms with Crippen LogP contribution in [0.15, 0.2) is 24.3 Å². The van der Waals surface area contributed by atoms with E-state index in [1.54, 1.807) is 0 Å². The Morgan fingerprint density at radius 2 is 1.58 bits per heavy atom. The number of carbonyl (C=O) groups is 2. The average Bonchev–Trinajstić information content (AvgIpc) is 2.75. The molecule has 0 fully saturated rings. The van der Waals surface area contributed by atoms with Crippen molar-refractivity contribution in [2.75, 3.05) is 13.2 Å². The molecule has 0 aliphatic carbocycles. The highest BCUT2D eigenvalue weighted by Gasteiger charge is 2.20. The fraction of sp³-hybridized carbons (Fsp3) is 0.750. The molecule has 4 N–H and O–H groups in total. The standard InChI is InChI=1S/C24H42O7/c1-2-3-4-7-10-13-20(21(17-25)16-23(28)29)14-11-8-5-6-9-12-15-24(30)31-22(18-26)19-27/h7,10-11,14,17,20-23,26-29H,2-6,8-9,12-13,15-16,18-19H2,1H3/b10-7-,14-11+. The average molecular weight is 443 g/mol. The zero-order valence-corrected chi connectivity index (χ0v) is 18.9. The van der Waals surface area contributed by atoms with Gasteiger partial charge in [0.2, 0.25) is 0 Å². The van der Waals surface area contributed by atoms with Gasteiger partial charge in [-0.3, -0.25) is 4.79 Å². The first-order chi connectivity index (χ1) is 15.0. The summed E-state index contributed by atoms with van der Waals surface area (Å²) in [5.41, 5.74) is 0. The van der Waals surface area contributed by atoms with E-state index in [2.05, 4.69) is 19.1 Å². The van der Waals surface area contributed by atoms with E-state index >= 15 is 0 Å². The number of unbranched alkanes of at least 4 members (excludes halogenated alkanes) is 6. The number of rotatable bonds is 20. The molecule has 31 heavy (non-hydrogen) atoms. The number of aliphatic hydroxyl groups excluding tert-OH is 3. The zero-order valence-electron chi connectivity index (χ0n) is 18.9. The number of hydrogen-bond acceptors (Lipinski definition) is 7. The Morgan fingerprint density at radius 3 is 2.19 bits per heavy atom. The van der Waals surface area contributed by atoms with Gasteiger partial charge < -0.3 is 30.0 Å². The smallest absolute Gasteiger partial charge is 0.306 e. The van der Waals surface area contributed by atoms with Crippen LogP contribution in [0.4, 0.5) is 0 Å². The fourth-order valence-corrected chi connectivity index (χ4v) is 3.20. The minimum atomic E-state index is -1.49. The van der Waals surface area contributed by atoms with E-state index in [4.69, 9.17) is 14.9 Å². The second kappa shape index (κ2) is 20.4. The number of carbonyl (C=O) groups excluding carboxylic acids is 2. The fourth-order valence-electron chi connectivity index (χ4n) is 3.20. The van der Waals surface area contributed by atoms with Crippen molar-refractivity contribution in [3.8, 4) is 0 Å². The van der Waals surface area contributed by atoms with Crippen molar-refractivity contribution in [1.82, 2.24) is 0 Å². The topological polar surface area (TPSA) is 124 Å². The molecule has 0 saturated carbocycles. The van der Waals surface area contributed by atoms with Gasteiger partial charge in [-0.2, -0.15) is 0 Å². The van der Waals surface area contributed by atoms with E-state index in [9.17, 15) is 19.8 Å². The van der Waals surface area contributed by atoms with E-state index in [1.807, 2.05) is 12.2 Å². The number of esters is 1. The molecule has 2 atom stereocenters. The Morgan fingerprint density at radius 1 is 0.903 bits per heavy atom. The van der Waals surface area contributed by atoms with Crippen molar-refractivity contribution in [2.45, 2.75) is 89.9 Å². The van der Waals surface area contributed by atoms with Gasteiger partial charge >= 0.3 is 5.97 Å². The summed E-state index contributed by atoms with van der Waals surface area (Å²) >= 11 is 0. The maximum Gasteiger partial charge on any atom is 0.306 e. The minimum Gasteiger partial charge on any atom is -0.457 e. The molecule has 0 heterocycles. The normalized spacial score (nSPS) is 14.0. The van der Waals surface area contributed by atoms with E-state index in [0.29, 0.717) is 12.8 Å². The molecule has 0 aromatic rings. The van der Waals surface area contributed by atoms with Crippen molar-refractivity contribution in [3.05, 3.63) is 24.3 Å². The van der Waals surface area contributed by atoms with Crippen LogP contribution in [-0.2, 0) is 14.3 Å². The molecule has 7 heteroatoms. The van der Waals surface area contributed by atoms with E-state index in [-0.39, 0.29) is 32.0 Å². The molecule has 0 spiro atoms. The lowest BCUT2D eigenvalue weighted by atomic mass is 9.87. The Balaban J connectivity index is 4.28.